The molecule has 4 aromatic carbocycles. The summed E-state index contributed by atoms with van der Waals surface area (Å²) < 4.78 is 0. The molecule has 0 aromatic heterocycles. The predicted octanol–water partition coefficient (Wildman–Crippen LogP) is 7.34. The largest absolute Gasteiger partial charge is 0.337 e. The number of fused-ring (bicyclic) bond motifs is 4. The topological polar surface area (TPSA) is 79.0 Å². The lowest BCUT2D eigenvalue weighted by atomic mass is 10.1. The zero-order chi connectivity index (χ0) is 27.4. The molecular weight excluding hydrogens is 541 g/mol. The second-order valence-corrected chi connectivity index (χ2v) is 11.8. The Morgan fingerprint density at radius 2 is 1.62 bits per heavy atom. The van der Waals surface area contributed by atoms with Crippen LogP contribution in [0.1, 0.15) is 16.7 Å². The maximum Gasteiger partial charge on any atom is 0.269 e. The molecule has 196 valence electrons. The van der Waals surface area contributed by atoms with Crippen LogP contribution in [-0.4, -0.2) is 27.9 Å². The maximum absolute atomic E-state index is 13.9. The number of rotatable bonds is 4. The Kier molecular flexibility index (Phi) is 5.98. The van der Waals surface area contributed by atoms with Gasteiger partial charge in [-0.15, -0.1) is 0 Å². The molecule has 0 radical (unpaired) electrons. The minimum Gasteiger partial charge on any atom is -0.337 e. The third kappa shape index (κ3) is 4.18. The summed E-state index contributed by atoms with van der Waals surface area (Å²) in [6.07, 6.45) is 0.611. The van der Waals surface area contributed by atoms with Gasteiger partial charge >= 0.3 is 0 Å². The molecule has 0 atom stereocenters. The SMILES string of the molecule is CN1C(=C2SC(=Nc3ccc4c(c3)Cc3cc([N+](=O)[O-])ccc3-4)N(Cc3ccccc3)C2=O)Sc2ccccc21. The minimum absolute atomic E-state index is 0.0596. The van der Waals surface area contributed by atoms with Gasteiger partial charge < -0.3 is 4.90 Å². The number of thioether (sulfide) groups is 2. The molecule has 1 amide bonds. The minimum atomic E-state index is -0.360. The normalized spacial score (nSPS) is 18.3. The fourth-order valence-corrected chi connectivity index (χ4v) is 7.64. The molecule has 4 aromatic rings. The van der Waals surface area contributed by atoms with Crippen molar-refractivity contribution in [3.8, 4) is 11.1 Å². The third-order valence-corrected chi connectivity index (χ3v) is 9.70. The smallest absolute Gasteiger partial charge is 0.269 e. The number of anilines is 1. The molecule has 0 saturated carbocycles. The number of benzene rings is 4. The van der Waals surface area contributed by atoms with E-state index in [4.69, 9.17) is 4.99 Å². The van der Waals surface area contributed by atoms with Gasteiger partial charge in [0.15, 0.2) is 5.17 Å². The molecule has 0 bridgehead atoms. The van der Waals surface area contributed by atoms with Gasteiger partial charge in [0.1, 0.15) is 4.91 Å². The summed E-state index contributed by atoms with van der Waals surface area (Å²) in [7, 11) is 1.99. The number of non-ortho nitro benzene ring substituents is 1. The van der Waals surface area contributed by atoms with E-state index >= 15 is 0 Å². The second-order valence-electron chi connectivity index (χ2n) is 9.75. The van der Waals surface area contributed by atoms with Gasteiger partial charge in [0, 0.05) is 24.1 Å². The van der Waals surface area contributed by atoms with Crippen LogP contribution in [0, 0.1) is 10.1 Å². The van der Waals surface area contributed by atoms with Gasteiger partial charge in [-0.25, -0.2) is 4.99 Å². The number of aliphatic imine (C=N–C) groups is 1. The first-order valence-corrected chi connectivity index (χ1v) is 14.4. The third-order valence-electron chi connectivity index (χ3n) is 7.26. The first-order chi connectivity index (χ1) is 19.5. The van der Waals surface area contributed by atoms with Crippen LogP contribution < -0.4 is 4.90 Å². The van der Waals surface area contributed by atoms with Crippen molar-refractivity contribution in [3.63, 3.8) is 0 Å². The van der Waals surface area contributed by atoms with E-state index in [0.29, 0.717) is 23.0 Å². The number of nitro benzene ring substituents is 1. The molecule has 0 N–H and O–H groups in total. The van der Waals surface area contributed by atoms with Crippen LogP contribution >= 0.6 is 23.5 Å². The molecular formula is C31H22N4O3S2. The van der Waals surface area contributed by atoms with Gasteiger partial charge in [0.2, 0.25) is 0 Å². The van der Waals surface area contributed by atoms with E-state index in [1.165, 1.54) is 11.8 Å². The highest BCUT2D eigenvalue weighted by Gasteiger charge is 2.39. The van der Waals surface area contributed by atoms with Gasteiger partial charge in [0.05, 0.1) is 27.9 Å². The summed E-state index contributed by atoms with van der Waals surface area (Å²) in [5.41, 5.74) is 7.05. The second kappa shape index (κ2) is 9.69. The van der Waals surface area contributed by atoms with Crippen LogP contribution in [0.3, 0.4) is 0 Å². The van der Waals surface area contributed by atoms with E-state index in [9.17, 15) is 14.9 Å². The van der Waals surface area contributed by atoms with Crippen molar-refractivity contribution in [2.45, 2.75) is 17.9 Å². The Morgan fingerprint density at radius 3 is 2.40 bits per heavy atom. The van der Waals surface area contributed by atoms with Gasteiger partial charge in [-0.1, -0.05) is 60.3 Å². The number of hydrogen-bond acceptors (Lipinski definition) is 7. The van der Waals surface area contributed by atoms with Crippen LogP contribution in [-0.2, 0) is 17.8 Å². The molecule has 1 saturated heterocycles. The number of amidine groups is 1. The summed E-state index contributed by atoms with van der Waals surface area (Å²) in [5, 5.41) is 12.8. The van der Waals surface area contributed by atoms with Crippen molar-refractivity contribution in [1.29, 1.82) is 0 Å². The fourth-order valence-electron chi connectivity index (χ4n) is 5.30. The molecule has 2 heterocycles. The van der Waals surface area contributed by atoms with Gasteiger partial charge in [-0.3, -0.25) is 19.8 Å². The van der Waals surface area contributed by atoms with E-state index in [1.54, 1.807) is 28.8 Å². The summed E-state index contributed by atoms with van der Waals surface area (Å²) in [6.45, 7) is 0.420. The molecule has 0 unspecified atom stereocenters. The van der Waals surface area contributed by atoms with E-state index in [1.807, 2.05) is 73.8 Å². The fraction of sp³-hybridized carbons (Fsp3) is 0.0968. The molecule has 7 nitrogen and oxygen atoms in total. The first-order valence-electron chi connectivity index (χ1n) is 12.7. The van der Waals surface area contributed by atoms with Crippen molar-refractivity contribution >= 4 is 51.7 Å². The number of nitrogens with zero attached hydrogens (tertiary/aromatic N) is 4. The van der Waals surface area contributed by atoms with Crippen LogP contribution in [0.25, 0.3) is 11.1 Å². The summed E-state index contributed by atoms with van der Waals surface area (Å²) >= 11 is 3.02. The number of para-hydroxylation sites is 1. The van der Waals surface area contributed by atoms with E-state index in [-0.39, 0.29) is 16.5 Å². The van der Waals surface area contributed by atoms with Crippen molar-refractivity contribution in [3.05, 3.63) is 128 Å². The van der Waals surface area contributed by atoms with Crippen LogP contribution in [0.2, 0.25) is 0 Å². The highest BCUT2D eigenvalue weighted by atomic mass is 32.2. The Hall–Kier alpha value is -4.34. The lowest BCUT2D eigenvalue weighted by Gasteiger charge is -2.17. The average Bonchev–Trinajstić information content (AvgIpc) is 3.60. The van der Waals surface area contributed by atoms with E-state index < -0.39 is 0 Å². The summed E-state index contributed by atoms with van der Waals surface area (Å²) in [5.74, 6) is -0.0596. The van der Waals surface area contributed by atoms with Crippen molar-refractivity contribution in [1.82, 2.24) is 4.90 Å². The Bertz CT molecular complexity index is 1780. The van der Waals surface area contributed by atoms with E-state index in [2.05, 4.69) is 17.0 Å². The molecule has 0 spiro atoms. The van der Waals surface area contributed by atoms with Gasteiger partial charge in [-0.05, 0) is 76.3 Å². The number of nitro groups is 1. The highest BCUT2D eigenvalue weighted by Crippen LogP contribution is 2.50. The first kappa shape index (κ1) is 24.7. The molecule has 2 aliphatic heterocycles. The Balaban J connectivity index is 1.25. The molecule has 7 rings (SSSR count). The average molecular weight is 563 g/mol. The lowest BCUT2D eigenvalue weighted by molar-refractivity contribution is -0.384. The number of amides is 1. The Morgan fingerprint density at radius 1 is 0.900 bits per heavy atom. The molecule has 1 fully saturated rings. The highest BCUT2D eigenvalue weighted by molar-refractivity contribution is 8.19. The van der Waals surface area contributed by atoms with E-state index in [0.717, 1.165) is 49.1 Å². The quantitative estimate of drug-likeness (QED) is 0.130. The Labute approximate surface area is 239 Å². The van der Waals surface area contributed by atoms with Gasteiger partial charge in [-0.2, -0.15) is 0 Å². The standard InChI is InChI=1S/C31H22N4O3S2/c1-33-26-9-5-6-10-27(26)39-30(33)28-29(36)34(18-19-7-3-2-4-8-19)31(40-28)32-22-11-13-24-20(16-22)15-21-17-23(35(37)38)12-14-25(21)24/h2-14,16-17H,15,18H2,1H3. The molecule has 1 aliphatic carbocycles. The maximum atomic E-state index is 13.9. The van der Waals surface area contributed by atoms with Crippen molar-refractivity contribution in [2.75, 3.05) is 11.9 Å². The lowest BCUT2D eigenvalue weighted by Crippen LogP contribution is -2.29. The summed E-state index contributed by atoms with van der Waals surface area (Å²) in [6, 6.07) is 29.1. The predicted molar refractivity (Wildman–Crippen MR) is 161 cm³/mol. The molecule has 9 heteroatoms. The molecule has 40 heavy (non-hydrogen) atoms. The van der Waals surface area contributed by atoms with Crippen LogP contribution in [0.15, 0.2) is 111 Å². The molecule has 3 aliphatic rings. The van der Waals surface area contributed by atoms with Crippen molar-refractivity contribution in [2.24, 2.45) is 4.99 Å². The zero-order valence-corrected chi connectivity index (χ0v) is 23.0. The number of carbonyl (C=O) groups excluding carboxylic acids is 1. The van der Waals surface area contributed by atoms with Crippen molar-refractivity contribution < 1.29 is 9.72 Å². The van der Waals surface area contributed by atoms with Crippen LogP contribution in [0.5, 0.6) is 0 Å². The number of carbonyl (C=O) groups is 1. The monoisotopic (exact) mass is 562 g/mol. The summed E-state index contributed by atoms with van der Waals surface area (Å²) in [4.78, 5) is 35.4. The zero-order valence-electron chi connectivity index (χ0n) is 21.4. The van der Waals surface area contributed by atoms with Gasteiger partial charge in [0.25, 0.3) is 11.6 Å². The number of hydrogen-bond donors (Lipinski definition) is 0. The van der Waals surface area contributed by atoms with Crippen LogP contribution in [0.4, 0.5) is 17.1 Å².